The normalized spacial score (nSPS) is 21.7. The first kappa shape index (κ1) is 23.1. The minimum absolute atomic E-state index is 0.0169. The summed E-state index contributed by atoms with van der Waals surface area (Å²) in [6.07, 6.45) is 3.67. The third kappa shape index (κ3) is 3.64. The highest BCUT2D eigenvalue weighted by molar-refractivity contribution is 7.91. The minimum atomic E-state index is -3.56. The van der Waals surface area contributed by atoms with Gasteiger partial charge in [-0.15, -0.1) is 0 Å². The lowest BCUT2D eigenvalue weighted by molar-refractivity contribution is 0.0640. The second-order valence-corrected chi connectivity index (χ2v) is 11.2. The van der Waals surface area contributed by atoms with Crippen molar-refractivity contribution in [1.82, 2.24) is 9.97 Å². The van der Waals surface area contributed by atoms with Gasteiger partial charge in [-0.1, -0.05) is 24.8 Å². The van der Waals surface area contributed by atoms with Crippen LogP contribution in [0.25, 0.3) is 17.5 Å². The average molecular weight is 487 g/mol. The fraction of sp³-hybridized carbons (Fsp3) is 0.500. The molecule has 34 heavy (non-hydrogen) atoms. The van der Waals surface area contributed by atoms with E-state index < -0.39 is 14.6 Å². The fourth-order valence-corrected chi connectivity index (χ4v) is 6.53. The summed E-state index contributed by atoms with van der Waals surface area (Å²) in [6, 6.07) is 5.83. The highest BCUT2D eigenvalue weighted by atomic mass is 32.2. The number of hydrogen-bond acceptors (Lipinski definition) is 9. The highest BCUT2D eigenvalue weighted by Crippen LogP contribution is 2.48. The Labute approximate surface area is 200 Å². The highest BCUT2D eigenvalue weighted by Gasteiger charge is 2.50. The second kappa shape index (κ2) is 8.83. The third-order valence-electron chi connectivity index (χ3n) is 7.03. The Morgan fingerprint density at radius 3 is 2.68 bits per heavy atom. The number of benzene rings is 1. The van der Waals surface area contributed by atoms with E-state index in [0.29, 0.717) is 75.5 Å². The summed E-state index contributed by atoms with van der Waals surface area (Å²) in [4.78, 5) is 12.1. The number of aromatic nitrogens is 2. The van der Waals surface area contributed by atoms with Crippen molar-refractivity contribution in [1.29, 1.82) is 0 Å². The molecular formula is C24H30N4O5S. The molecule has 0 bridgehead atoms. The number of rotatable bonds is 5. The predicted molar refractivity (Wildman–Crippen MR) is 131 cm³/mol. The number of sulfone groups is 1. The first-order valence-corrected chi connectivity index (χ1v) is 13.4. The van der Waals surface area contributed by atoms with Crippen molar-refractivity contribution < 1.29 is 22.6 Å². The van der Waals surface area contributed by atoms with Gasteiger partial charge in [-0.2, -0.15) is 0 Å². The molecule has 9 nitrogen and oxygen atoms in total. The Hall–Kier alpha value is -2.69. The quantitative estimate of drug-likeness (QED) is 0.683. The lowest BCUT2D eigenvalue weighted by atomic mass is 9.93. The van der Waals surface area contributed by atoms with Gasteiger partial charge in [0, 0.05) is 49.9 Å². The number of anilines is 2. The van der Waals surface area contributed by atoms with E-state index in [-0.39, 0.29) is 6.04 Å². The van der Waals surface area contributed by atoms with Gasteiger partial charge >= 0.3 is 0 Å². The van der Waals surface area contributed by atoms with Crippen LogP contribution in [0.3, 0.4) is 0 Å². The van der Waals surface area contributed by atoms with Gasteiger partial charge in [0.2, 0.25) is 0 Å². The Bertz CT molecular complexity index is 1210. The molecule has 0 amide bonds. The Balaban J connectivity index is 1.80. The van der Waals surface area contributed by atoms with Crippen LogP contribution in [0, 0.1) is 0 Å². The van der Waals surface area contributed by atoms with Crippen LogP contribution in [0.15, 0.2) is 24.8 Å². The number of morpholine rings is 1. The fourth-order valence-electron chi connectivity index (χ4n) is 5.13. The number of fused-ring (bicyclic) bond motifs is 3. The van der Waals surface area contributed by atoms with E-state index in [1.165, 1.54) is 6.26 Å². The van der Waals surface area contributed by atoms with Crippen LogP contribution in [0.5, 0.6) is 5.75 Å². The smallest absolute Gasteiger partial charge is 0.185 e. The van der Waals surface area contributed by atoms with Crippen molar-refractivity contribution in [3.63, 3.8) is 0 Å². The topological polar surface area (TPSA) is 103 Å². The van der Waals surface area contributed by atoms with Gasteiger partial charge in [0.1, 0.15) is 17.0 Å². The summed E-state index contributed by atoms with van der Waals surface area (Å²) < 4.78 is 42.8. The van der Waals surface area contributed by atoms with E-state index in [1.54, 1.807) is 6.08 Å². The molecule has 10 heteroatoms. The zero-order valence-corrected chi connectivity index (χ0v) is 20.4. The van der Waals surface area contributed by atoms with E-state index in [0.717, 1.165) is 16.8 Å². The van der Waals surface area contributed by atoms with Crippen LogP contribution in [0.2, 0.25) is 0 Å². The molecule has 182 valence electrons. The molecule has 5 rings (SSSR count). The van der Waals surface area contributed by atoms with Gasteiger partial charge < -0.3 is 24.4 Å². The van der Waals surface area contributed by atoms with Crippen LogP contribution >= 0.6 is 0 Å². The number of nitrogens with one attached hydrogen (secondary N) is 1. The first-order chi connectivity index (χ1) is 16.4. The number of hydrogen-bond donors (Lipinski definition) is 1. The van der Waals surface area contributed by atoms with Gasteiger partial charge in [0.05, 0.1) is 19.3 Å². The van der Waals surface area contributed by atoms with E-state index >= 15 is 0 Å². The molecule has 1 aromatic heterocycles. The summed E-state index contributed by atoms with van der Waals surface area (Å²) in [5.74, 6) is 1.53. The SMILES string of the molecule is C=Cc1c(NC)cccc1-c1nc2c(c(C3(S(C)(=O)=O)CCOCC3)n1)OC[C@H]1COCCN21. The van der Waals surface area contributed by atoms with Crippen molar-refractivity contribution in [3.8, 4) is 17.1 Å². The predicted octanol–water partition coefficient (Wildman–Crippen LogP) is 2.48. The van der Waals surface area contributed by atoms with E-state index in [4.69, 9.17) is 24.2 Å². The van der Waals surface area contributed by atoms with Crippen LogP contribution < -0.4 is 15.0 Å². The monoisotopic (exact) mass is 486 g/mol. The summed E-state index contributed by atoms with van der Waals surface area (Å²) in [5, 5.41) is 3.18. The van der Waals surface area contributed by atoms with E-state index in [1.807, 2.05) is 25.2 Å². The van der Waals surface area contributed by atoms with Crippen LogP contribution in [-0.2, 0) is 24.1 Å². The van der Waals surface area contributed by atoms with Crippen molar-refractivity contribution in [3.05, 3.63) is 36.0 Å². The molecule has 2 fully saturated rings. The lowest BCUT2D eigenvalue weighted by Crippen LogP contribution is -2.52. The van der Waals surface area contributed by atoms with Crippen molar-refractivity contribution in [2.45, 2.75) is 23.6 Å². The maximum atomic E-state index is 13.3. The van der Waals surface area contributed by atoms with Crippen molar-refractivity contribution in [2.75, 3.05) is 63.1 Å². The number of ether oxygens (including phenoxy) is 3. The molecule has 0 radical (unpaired) electrons. The summed E-state index contributed by atoms with van der Waals surface area (Å²) in [7, 11) is -1.71. The van der Waals surface area contributed by atoms with Gasteiger partial charge in [-0.25, -0.2) is 18.4 Å². The Kier molecular flexibility index (Phi) is 5.99. The molecule has 2 aromatic rings. The second-order valence-electron chi connectivity index (χ2n) is 8.88. The van der Waals surface area contributed by atoms with Gasteiger partial charge in [0.25, 0.3) is 0 Å². The molecule has 1 N–H and O–H groups in total. The minimum Gasteiger partial charge on any atom is -0.486 e. The van der Waals surface area contributed by atoms with E-state index in [2.05, 4.69) is 16.8 Å². The van der Waals surface area contributed by atoms with Gasteiger partial charge in [0.15, 0.2) is 27.2 Å². The molecule has 3 aliphatic heterocycles. The van der Waals surface area contributed by atoms with Gasteiger partial charge in [-0.3, -0.25) is 0 Å². The van der Waals surface area contributed by atoms with Crippen molar-refractivity contribution >= 4 is 27.4 Å². The molecule has 2 saturated heterocycles. The molecule has 4 heterocycles. The zero-order chi connectivity index (χ0) is 23.9. The molecule has 0 unspecified atom stereocenters. The van der Waals surface area contributed by atoms with Gasteiger partial charge in [-0.05, 0) is 18.9 Å². The van der Waals surface area contributed by atoms with Crippen LogP contribution in [0.4, 0.5) is 11.5 Å². The summed E-state index contributed by atoms with van der Waals surface area (Å²) in [5.41, 5.74) is 2.94. The zero-order valence-electron chi connectivity index (χ0n) is 19.5. The van der Waals surface area contributed by atoms with E-state index in [9.17, 15) is 8.42 Å². The third-order valence-corrected chi connectivity index (χ3v) is 9.05. The molecule has 0 spiro atoms. The maximum Gasteiger partial charge on any atom is 0.185 e. The molecule has 1 aromatic carbocycles. The maximum absolute atomic E-state index is 13.3. The molecule has 1 atom stereocenters. The standard InChI is InChI=1S/C24H30N4O5S/c1-4-17-18(6-5-7-19(17)25-2)22-26-21(24(34(3,29)30)8-11-31-12-9-24)20-23(27-22)28-10-13-32-14-16(28)15-33-20/h4-7,16,25H,1,8-15H2,2-3H3/t16-/m1/s1. The first-order valence-electron chi connectivity index (χ1n) is 11.5. The van der Waals surface area contributed by atoms with Crippen LogP contribution in [-0.4, -0.2) is 77.3 Å². The summed E-state index contributed by atoms with van der Waals surface area (Å²) >= 11 is 0. The molecule has 3 aliphatic rings. The van der Waals surface area contributed by atoms with Crippen LogP contribution in [0.1, 0.15) is 24.1 Å². The molecular weight excluding hydrogens is 456 g/mol. The Morgan fingerprint density at radius 1 is 1.18 bits per heavy atom. The number of nitrogens with zero attached hydrogens (tertiary/aromatic N) is 3. The Morgan fingerprint density at radius 2 is 1.97 bits per heavy atom. The molecule has 0 aliphatic carbocycles. The average Bonchev–Trinajstić information content (AvgIpc) is 2.87. The lowest BCUT2D eigenvalue weighted by Gasteiger charge is -2.43. The summed E-state index contributed by atoms with van der Waals surface area (Å²) in [6.45, 7) is 6.82. The largest absolute Gasteiger partial charge is 0.486 e. The van der Waals surface area contributed by atoms with Crippen molar-refractivity contribution in [2.24, 2.45) is 0 Å². The molecule has 0 saturated carbocycles.